The molecule has 2 heterocycles. The Morgan fingerprint density at radius 3 is 2.64 bits per heavy atom. The fourth-order valence-corrected chi connectivity index (χ4v) is 2.91. The number of nitrogens with one attached hydrogen (secondary N) is 1. The highest BCUT2D eigenvalue weighted by Gasteiger charge is 2.24. The molecule has 2 aromatic heterocycles. The van der Waals surface area contributed by atoms with Crippen LogP contribution in [-0.4, -0.2) is 15.5 Å². The number of aromatic nitrogens is 2. The number of carbonyl (C=O) groups is 1. The molecule has 0 fully saturated rings. The molecule has 0 radical (unpaired) electrons. The van der Waals surface area contributed by atoms with Gasteiger partial charge in [-0.25, -0.2) is 4.98 Å². The molecular formula is C19H20ClN3O2. The van der Waals surface area contributed by atoms with Crippen molar-refractivity contribution in [3.8, 4) is 11.3 Å². The number of aryl methyl sites for hydroxylation is 1. The molecule has 0 spiro atoms. The molecule has 0 aliphatic heterocycles. The molecule has 1 N–H and O–H groups in total. The molecule has 25 heavy (non-hydrogen) atoms. The third-order valence-corrected chi connectivity index (χ3v) is 4.39. The number of hydrogen-bond donors (Lipinski definition) is 1. The molecule has 0 unspecified atom stereocenters. The Bertz CT molecular complexity index is 882. The van der Waals surface area contributed by atoms with Crippen LogP contribution >= 0.6 is 11.6 Å². The van der Waals surface area contributed by atoms with Gasteiger partial charge in [-0.3, -0.25) is 4.79 Å². The van der Waals surface area contributed by atoms with Crippen molar-refractivity contribution >= 4 is 17.5 Å². The average Bonchev–Trinajstić information content (AvgIpc) is 3.22. The van der Waals surface area contributed by atoms with E-state index >= 15 is 0 Å². The Hall–Kier alpha value is -2.53. The van der Waals surface area contributed by atoms with E-state index in [0.29, 0.717) is 10.8 Å². The van der Waals surface area contributed by atoms with Crippen LogP contribution in [0.15, 0.2) is 53.2 Å². The number of hydrogen-bond acceptors (Lipinski definition) is 3. The molecule has 3 aromatic rings. The molecule has 130 valence electrons. The van der Waals surface area contributed by atoms with Crippen LogP contribution in [0.25, 0.3) is 11.3 Å². The summed E-state index contributed by atoms with van der Waals surface area (Å²) < 4.78 is 7.62. The van der Waals surface area contributed by atoms with E-state index in [1.165, 1.54) is 0 Å². The predicted octanol–water partition coefficient (Wildman–Crippen LogP) is 4.46. The molecule has 0 bridgehead atoms. The quantitative estimate of drug-likeness (QED) is 0.733. The van der Waals surface area contributed by atoms with Crippen molar-refractivity contribution in [1.29, 1.82) is 0 Å². The fraction of sp³-hybridized carbons (Fsp3) is 0.263. The third kappa shape index (κ3) is 3.61. The number of nitrogens with zero attached hydrogens (tertiary/aromatic N) is 2. The van der Waals surface area contributed by atoms with E-state index in [4.69, 9.17) is 16.0 Å². The zero-order valence-corrected chi connectivity index (χ0v) is 15.1. The summed E-state index contributed by atoms with van der Waals surface area (Å²) in [4.78, 5) is 17.0. The van der Waals surface area contributed by atoms with Crippen LogP contribution in [0.1, 0.15) is 36.3 Å². The minimum atomic E-state index is -0.278. The van der Waals surface area contributed by atoms with Gasteiger partial charge in [-0.05, 0) is 30.2 Å². The van der Waals surface area contributed by atoms with Gasteiger partial charge in [0.15, 0.2) is 5.76 Å². The van der Waals surface area contributed by atoms with Crippen molar-refractivity contribution in [3.63, 3.8) is 0 Å². The number of rotatable bonds is 5. The van der Waals surface area contributed by atoms with Gasteiger partial charge >= 0.3 is 0 Å². The molecule has 1 atom stereocenters. The maximum atomic E-state index is 12.6. The predicted molar refractivity (Wildman–Crippen MR) is 97.4 cm³/mol. The van der Waals surface area contributed by atoms with Crippen LogP contribution < -0.4 is 5.32 Å². The number of carbonyl (C=O) groups excluding carboxylic acids is 1. The zero-order valence-electron chi connectivity index (χ0n) is 14.4. The number of imidazole rings is 1. The summed E-state index contributed by atoms with van der Waals surface area (Å²) in [5.74, 6) is 1.52. The van der Waals surface area contributed by atoms with E-state index in [1.54, 1.807) is 24.4 Å². The molecule has 0 aliphatic rings. The second-order valence-corrected chi connectivity index (χ2v) is 6.64. The van der Waals surface area contributed by atoms with Gasteiger partial charge in [-0.2, -0.15) is 0 Å². The van der Waals surface area contributed by atoms with Crippen molar-refractivity contribution in [1.82, 2.24) is 14.9 Å². The lowest BCUT2D eigenvalue weighted by Gasteiger charge is -2.21. The van der Waals surface area contributed by atoms with E-state index in [-0.39, 0.29) is 23.6 Å². The number of amides is 1. The minimum Gasteiger partial charge on any atom is -0.451 e. The van der Waals surface area contributed by atoms with E-state index in [0.717, 1.165) is 11.4 Å². The molecule has 3 rings (SSSR count). The molecule has 6 heteroatoms. The molecular weight excluding hydrogens is 338 g/mol. The van der Waals surface area contributed by atoms with Gasteiger partial charge in [0, 0.05) is 25.0 Å². The number of furan rings is 1. The minimum absolute atomic E-state index is 0.183. The van der Waals surface area contributed by atoms with E-state index in [9.17, 15) is 4.79 Å². The van der Waals surface area contributed by atoms with Crippen LogP contribution in [0.2, 0.25) is 5.02 Å². The van der Waals surface area contributed by atoms with Crippen LogP contribution in [0, 0.1) is 5.92 Å². The SMILES string of the molecule is CC(C)[C@@H](NC(=O)c1ccc(-c2ccccc2Cl)o1)c1nccn1C. The van der Waals surface area contributed by atoms with Crippen molar-refractivity contribution in [2.24, 2.45) is 13.0 Å². The highest BCUT2D eigenvalue weighted by atomic mass is 35.5. The standard InChI is InChI=1S/C19H20ClN3O2/c1-12(2)17(18-21-10-11-23(18)3)22-19(24)16-9-8-15(25-16)13-6-4-5-7-14(13)20/h4-12,17H,1-3H3,(H,22,24)/t17-/m1/s1. The van der Waals surface area contributed by atoms with Crippen molar-refractivity contribution in [2.75, 3.05) is 0 Å². The summed E-state index contributed by atoms with van der Waals surface area (Å²) in [5, 5.41) is 3.59. The van der Waals surface area contributed by atoms with E-state index < -0.39 is 0 Å². The molecule has 1 aromatic carbocycles. The van der Waals surface area contributed by atoms with E-state index in [2.05, 4.69) is 10.3 Å². The van der Waals surface area contributed by atoms with Gasteiger partial charge in [-0.1, -0.05) is 37.6 Å². The van der Waals surface area contributed by atoms with Crippen LogP contribution in [0.3, 0.4) is 0 Å². The van der Waals surface area contributed by atoms with Gasteiger partial charge in [-0.15, -0.1) is 0 Å². The summed E-state index contributed by atoms with van der Waals surface area (Å²) in [6.07, 6.45) is 3.58. The van der Waals surface area contributed by atoms with Crippen LogP contribution in [-0.2, 0) is 7.05 Å². The fourth-order valence-electron chi connectivity index (χ4n) is 2.68. The topological polar surface area (TPSA) is 60.1 Å². The van der Waals surface area contributed by atoms with Crippen molar-refractivity contribution in [3.05, 3.63) is 65.4 Å². The monoisotopic (exact) mass is 357 g/mol. The summed E-state index contributed by atoms with van der Waals surface area (Å²) in [6, 6.07) is 10.6. The summed E-state index contributed by atoms with van der Waals surface area (Å²) in [6.45, 7) is 4.08. The first-order valence-corrected chi connectivity index (χ1v) is 8.48. The van der Waals surface area contributed by atoms with Gasteiger partial charge in [0.2, 0.25) is 0 Å². The first-order chi connectivity index (χ1) is 12.0. The zero-order chi connectivity index (χ0) is 18.0. The van der Waals surface area contributed by atoms with Crippen molar-refractivity contribution < 1.29 is 9.21 Å². The third-order valence-electron chi connectivity index (χ3n) is 4.06. The van der Waals surface area contributed by atoms with Gasteiger partial charge in [0.25, 0.3) is 5.91 Å². The number of halogens is 1. The normalized spacial score (nSPS) is 12.4. The Labute approximate surface area is 151 Å². The van der Waals surface area contributed by atoms with Gasteiger partial charge in [0.1, 0.15) is 11.6 Å². The van der Waals surface area contributed by atoms with Gasteiger partial charge < -0.3 is 14.3 Å². The molecule has 0 saturated carbocycles. The smallest absolute Gasteiger partial charge is 0.287 e. The number of benzene rings is 1. The second kappa shape index (κ2) is 7.15. The Kier molecular flexibility index (Phi) is 4.95. The average molecular weight is 358 g/mol. The highest BCUT2D eigenvalue weighted by molar-refractivity contribution is 6.33. The Morgan fingerprint density at radius 2 is 2.00 bits per heavy atom. The van der Waals surface area contributed by atoms with Crippen molar-refractivity contribution in [2.45, 2.75) is 19.9 Å². The maximum Gasteiger partial charge on any atom is 0.287 e. The second-order valence-electron chi connectivity index (χ2n) is 6.24. The molecule has 1 amide bonds. The Balaban J connectivity index is 1.82. The maximum absolute atomic E-state index is 12.6. The van der Waals surface area contributed by atoms with Crippen LogP contribution in [0.5, 0.6) is 0 Å². The lowest BCUT2D eigenvalue weighted by atomic mass is 10.0. The Morgan fingerprint density at radius 1 is 1.24 bits per heavy atom. The lowest BCUT2D eigenvalue weighted by molar-refractivity contribution is 0.0895. The lowest BCUT2D eigenvalue weighted by Crippen LogP contribution is -2.33. The largest absolute Gasteiger partial charge is 0.451 e. The summed E-state index contributed by atoms with van der Waals surface area (Å²) in [7, 11) is 1.91. The first-order valence-electron chi connectivity index (χ1n) is 8.10. The summed E-state index contributed by atoms with van der Waals surface area (Å²) >= 11 is 6.19. The molecule has 0 aliphatic carbocycles. The van der Waals surface area contributed by atoms with E-state index in [1.807, 2.05) is 49.9 Å². The molecule has 5 nitrogen and oxygen atoms in total. The highest BCUT2D eigenvalue weighted by Crippen LogP contribution is 2.29. The molecule has 0 saturated heterocycles. The summed E-state index contributed by atoms with van der Waals surface area (Å²) in [5.41, 5.74) is 0.757. The van der Waals surface area contributed by atoms with Crippen LogP contribution in [0.4, 0.5) is 0 Å². The first kappa shape index (κ1) is 17.3. The van der Waals surface area contributed by atoms with Gasteiger partial charge in [0.05, 0.1) is 11.1 Å².